The Labute approximate surface area is 191 Å². The van der Waals surface area contributed by atoms with Crippen LogP contribution in [0.3, 0.4) is 0 Å². The molecule has 7 nitrogen and oxygen atoms in total. The van der Waals surface area contributed by atoms with E-state index in [1.165, 1.54) is 0 Å². The van der Waals surface area contributed by atoms with Crippen LogP contribution in [0, 0.1) is 11.3 Å². The number of para-hydroxylation sites is 2. The molecule has 0 aliphatic carbocycles. The molecular weight excluding hydrogens is 470 g/mol. The molecule has 32 heavy (non-hydrogen) atoms. The molecule has 0 aliphatic rings. The molecule has 0 fully saturated rings. The van der Waals surface area contributed by atoms with E-state index >= 15 is 0 Å². The van der Waals surface area contributed by atoms with Gasteiger partial charge in [0.05, 0.1) is 11.0 Å². The Balaban J connectivity index is 1.65. The average Bonchev–Trinajstić information content (AvgIpc) is 3.37. The molecular formula is C24H16BrN5O2. The number of aromatic nitrogens is 3. The van der Waals surface area contributed by atoms with E-state index in [1.807, 2.05) is 59.2 Å². The third-order valence-electron chi connectivity index (χ3n) is 5.16. The first-order valence-electron chi connectivity index (χ1n) is 9.94. The lowest BCUT2D eigenvalue weighted by atomic mass is 10.1. The van der Waals surface area contributed by atoms with E-state index in [0.29, 0.717) is 40.1 Å². The lowest BCUT2D eigenvalue weighted by molar-refractivity contribution is 0.0994. The van der Waals surface area contributed by atoms with Gasteiger partial charge < -0.3 is 14.3 Å². The predicted molar refractivity (Wildman–Crippen MR) is 124 cm³/mol. The maximum atomic E-state index is 12.8. The fourth-order valence-electron chi connectivity index (χ4n) is 3.64. The molecule has 0 radical (unpaired) electrons. The highest BCUT2D eigenvalue weighted by Gasteiger charge is 2.23. The normalized spacial score (nSPS) is 11.0. The standard InChI is InChI=1S/C24H16BrN5O2/c25-20-11-10-19(32-20)24(31)29-22-16(14-26)21-23(28-18-9-5-4-8-17(18)27-21)30(22)13-12-15-6-2-1-3-7-15/h1-11H,12-13H2,(H,29,31). The molecule has 0 saturated heterocycles. The van der Waals surface area contributed by atoms with E-state index < -0.39 is 5.91 Å². The number of carbonyl (C=O) groups excluding carboxylic acids is 1. The summed E-state index contributed by atoms with van der Waals surface area (Å²) < 4.78 is 7.67. The first kappa shape index (κ1) is 20.0. The molecule has 3 aromatic heterocycles. The summed E-state index contributed by atoms with van der Waals surface area (Å²) in [6, 6.07) is 22.9. The van der Waals surface area contributed by atoms with Gasteiger partial charge in [0.25, 0.3) is 5.91 Å². The summed E-state index contributed by atoms with van der Waals surface area (Å²) in [5, 5.41) is 12.8. The molecule has 0 spiro atoms. The molecule has 0 atom stereocenters. The lowest BCUT2D eigenvalue weighted by Crippen LogP contribution is -2.16. The van der Waals surface area contributed by atoms with Crippen LogP contribution in [0.5, 0.6) is 0 Å². The van der Waals surface area contributed by atoms with Gasteiger partial charge in [0.2, 0.25) is 0 Å². The molecule has 0 bridgehead atoms. The van der Waals surface area contributed by atoms with Crippen molar-refractivity contribution >= 4 is 49.9 Å². The number of halogens is 1. The zero-order valence-electron chi connectivity index (χ0n) is 16.7. The Morgan fingerprint density at radius 3 is 2.44 bits per heavy atom. The van der Waals surface area contributed by atoms with E-state index in [9.17, 15) is 10.1 Å². The number of nitrogens with one attached hydrogen (secondary N) is 1. The SMILES string of the molecule is N#Cc1c(NC(=O)c2ccc(Br)o2)n(CCc2ccccc2)c2nc3ccccc3nc12. The number of nitrogens with zero attached hydrogens (tertiary/aromatic N) is 4. The van der Waals surface area contributed by atoms with Gasteiger partial charge in [0, 0.05) is 6.54 Å². The fraction of sp³-hybridized carbons (Fsp3) is 0.0833. The summed E-state index contributed by atoms with van der Waals surface area (Å²) in [6.45, 7) is 0.507. The summed E-state index contributed by atoms with van der Waals surface area (Å²) in [5.74, 6) is 0.0264. The third kappa shape index (κ3) is 3.63. The number of carbonyl (C=O) groups is 1. The van der Waals surface area contributed by atoms with Crippen LogP contribution in [0.25, 0.3) is 22.2 Å². The Morgan fingerprint density at radius 2 is 1.75 bits per heavy atom. The summed E-state index contributed by atoms with van der Waals surface area (Å²) in [4.78, 5) is 22.3. The van der Waals surface area contributed by atoms with E-state index in [1.54, 1.807) is 12.1 Å². The molecule has 2 aromatic carbocycles. The van der Waals surface area contributed by atoms with E-state index in [2.05, 4.69) is 32.3 Å². The van der Waals surface area contributed by atoms with Crippen LogP contribution >= 0.6 is 15.9 Å². The van der Waals surface area contributed by atoms with Gasteiger partial charge in [0.15, 0.2) is 16.1 Å². The predicted octanol–water partition coefficient (Wildman–Crippen LogP) is 5.31. The van der Waals surface area contributed by atoms with Crippen LogP contribution in [-0.4, -0.2) is 20.4 Å². The Kier molecular flexibility index (Phi) is 5.17. The topological polar surface area (TPSA) is 96.7 Å². The Morgan fingerprint density at radius 1 is 1.03 bits per heavy atom. The second kappa shape index (κ2) is 8.29. The van der Waals surface area contributed by atoms with Gasteiger partial charge >= 0.3 is 0 Å². The molecule has 5 rings (SSSR count). The summed E-state index contributed by atoms with van der Waals surface area (Å²) >= 11 is 3.21. The second-order valence-electron chi connectivity index (χ2n) is 7.17. The van der Waals surface area contributed by atoms with Crippen molar-refractivity contribution in [3.63, 3.8) is 0 Å². The van der Waals surface area contributed by atoms with E-state index in [0.717, 1.165) is 11.1 Å². The molecule has 156 valence electrons. The van der Waals surface area contributed by atoms with Crippen LogP contribution in [0.15, 0.2) is 75.8 Å². The first-order valence-corrected chi connectivity index (χ1v) is 10.7. The first-order chi connectivity index (χ1) is 15.6. The van der Waals surface area contributed by atoms with Crippen LogP contribution in [0.1, 0.15) is 21.7 Å². The molecule has 0 aliphatic heterocycles. The smallest absolute Gasteiger partial charge is 0.292 e. The van der Waals surface area contributed by atoms with Crippen LogP contribution in [0.2, 0.25) is 0 Å². The van der Waals surface area contributed by atoms with Crippen LogP contribution in [-0.2, 0) is 13.0 Å². The molecule has 1 amide bonds. The van der Waals surface area contributed by atoms with Gasteiger partial charge in [-0.3, -0.25) is 4.79 Å². The number of fused-ring (bicyclic) bond motifs is 2. The number of anilines is 1. The molecule has 0 saturated carbocycles. The van der Waals surface area contributed by atoms with Crippen molar-refractivity contribution < 1.29 is 9.21 Å². The van der Waals surface area contributed by atoms with Gasteiger partial charge in [-0.1, -0.05) is 42.5 Å². The quantitative estimate of drug-likeness (QED) is 0.363. The van der Waals surface area contributed by atoms with Crippen molar-refractivity contribution in [3.8, 4) is 6.07 Å². The number of aryl methyl sites for hydroxylation is 2. The van der Waals surface area contributed by atoms with Gasteiger partial charge in [0.1, 0.15) is 23.0 Å². The van der Waals surface area contributed by atoms with Crippen molar-refractivity contribution in [1.82, 2.24) is 14.5 Å². The number of furan rings is 1. The van der Waals surface area contributed by atoms with Crippen molar-refractivity contribution in [2.24, 2.45) is 0 Å². The third-order valence-corrected chi connectivity index (χ3v) is 5.59. The summed E-state index contributed by atoms with van der Waals surface area (Å²) in [5.41, 5.74) is 3.81. The number of amides is 1. The number of rotatable bonds is 5. The van der Waals surface area contributed by atoms with Crippen LogP contribution < -0.4 is 5.32 Å². The van der Waals surface area contributed by atoms with Gasteiger partial charge in [-0.15, -0.1) is 0 Å². The zero-order chi connectivity index (χ0) is 22.1. The highest BCUT2D eigenvalue weighted by atomic mass is 79.9. The molecule has 1 N–H and O–H groups in total. The highest BCUT2D eigenvalue weighted by Crippen LogP contribution is 2.30. The van der Waals surface area contributed by atoms with Crippen LogP contribution in [0.4, 0.5) is 5.82 Å². The average molecular weight is 486 g/mol. The van der Waals surface area contributed by atoms with E-state index in [4.69, 9.17) is 9.40 Å². The number of nitriles is 1. The number of hydrogen-bond acceptors (Lipinski definition) is 5. The van der Waals surface area contributed by atoms with Gasteiger partial charge in [-0.25, -0.2) is 9.97 Å². The van der Waals surface area contributed by atoms with Crippen molar-refractivity contribution in [2.75, 3.05) is 5.32 Å². The number of benzene rings is 2. The molecule has 5 aromatic rings. The maximum Gasteiger partial charge on any atom is 0.292 e. The minimum atomic E-state index is -0.458. The monoisotopic (exact) mass is 485 g/mol. The Bertz CT molecular complexity index is 1500. The summed E-state index contributed by atoms with van der Waals surface area (Å²) in [6.07, 6.45) is 0.694. The minimum absolute atomic E-state index is 0.131. The largest absolute Gasteiger partial charge is 0.444 e. The zero-order valence-corrected chi connectivity index (χ0v) is 18.3. The molecule has 3 heterocycles. The molecule has 8 heteroatoms. The maximum absolute atomic E-state index is 12.8. The van der Waals surface area contributed by atoms with Crippen molar-refractivity contribution in [1.29, 1.82) is 5.26 Å². The highest BCUT2D eigenvalue weighted by molar-refractivity contribution is 9.10. The fourth-order valence-corrected chi connectivity index (χ4v) is 3.95. The molecule has 0 unspecified atom stereocenters. The minimum Gasteiger partial charge on any atom is -0.444 e. The second-order valence-corrected chi connectivity index (χ2v) is 7.95. The summed E-state index contributed by atoms with van der Waals surface area (Å²) in [7, 11) is 0. The van der Waals surface area contributed by atoms with Gasteiger partial charge in [-0.05, 0) is 52.2 Å². The van der Waals surface area contributed by atoms with Gasteiger partial charge in [-0.2, -0.15) is 5.26 Å². The number of hydrogen-bond donors (Lipinski definition) is 1. The lowest BCUT2D eigenvalue weighted by Gasteiger charge is -2.11. The van der Waals surface area contributed by atoms with Crippen molar-refractivity contribution in [2.45, 2.75) is 13.0 Å². The Hall–Kier alpha value is -3.96. The van der Waals surface area contributed by atoms with Crippen molar-refractivity contribution in [3.05, 3.63) is 88.3 Å². The van der Waals surface area contributed by atoms with E-state index in [-0.39, 0.29) is 11.3 Å².